The number of anilines is 2. The number of aromatic nitrogens is 2. The van der Waals surface area contributed by atoms with Gasteiger partial charge in [-0.25, -0.2) is 4.98 Å². The van der Waals surface area contributed by atoms with Crippen LogP contribution in [-0.4, -0.2) is 29.6 Å². The van der Waals surface area contributed by atoms with Gasteiger partial charge in [-0.1, -0.05) is 6.92 Å². The van der Waals surface area contributed by atoms with E-state index in [0.29, 0.717) is 0 Å². The van der Waals surface area contributed by atoms with Gasteiger partial charge in [0.2, 0.25) is 5.95 Å². The fraction of sp³-hybridized carbons (Fsp3) is 0.667. The molecule has 4 nitrogen and oxygen atoms in total. The topological polar surface area (TPSA) is 41.1 Å². The molecule has 0 aromatic carbocycles. The predicted molar refractivity (Wildman–Crippen MR) is 69.1 cm³/mol. The lowest BCUT2D eigenvalue weighted by atomic mass is 10.3. The summed E-state index contributed by atoms with van der Waals surface area (Å²) in [6, 6.07) is 0. The molecular weight excluding hydrogens is 200 g/mol. The normalized spacial score (nSPS) is 10.2. The zero-order valence-corrected chi connectivity index (χ0v) is 10.7. The molecule has 0 unspecified atom stereocenters. The van der Waals surface area contributed by atoms with Crippen molar-refractivity contribution >= 4 is 11.8 Å². The van der Waals surface area contributed by atoms with Crippen molar-refractivity contribution in [3.8, 4) is 0 Å². The van der Waals surface area contributed by atoms with E-state index < -0.39 is 0 Å². The Balaban J connectivity index is 2.94. The molecule has 0 bridgehead atoms. The zero-order valence-electron chi connectivity index (χ0n) is 10.7. The van der Waals surface area contributed by atoms with Crippen LogP contribution in [0.2, 0.25) is 0 Å². The third-order valence-corrected chi connectivity index (χ3v) is 2.45. The third kappa shape index (κ3) is 3.08. The van der Waals surface area contributed by atoms with Gasteiger partial charge in [-0.3, -0.25) is 0 Å². The van der Waals surface area contributed by atoms with Crippen LogP contribution >= 0.6 is 0 Å². The Labute approximate surface area is 98.1 Å². The molecule has 0 fully saturated rings. The van der Waals surface area contributed by atoms with Crippen LogP contribution in [0.25, 0.3) is 0 Å². The summed E-state index contributed by atoms with van der Waals surface area (Å²) < 4.78 is 0. The van der Waals surface area contributed by atoms with Crippen LogP contribution in [0.3, 0.4) is 0 Å². The first-order valence-corrected chi connectivity index (χ1v) is 6.05. The SMILES string of the molecule is CCCN(CC)c1nc(NCC)ncc1C. The summed E-state index contributed by atoms with van der Waals surface area (Å²) >= 11 is 0. The van der Waals surface area contributed by atoms with Crippen molar-refractivity contribution in [3.05, 3.63) is 11.8 Å². The van der Waals surface area contributed by atoms with Crippen molar-refractivity contribution in [3.63, 3.8) is 0 Å². The second kappa shape index (κ2) is 6.30. The lowest BCUT2D eigenvalue weighted by Gasteiger charge is -2.23. The molecule has 90 valence electrons. The van der Waals surface area contributed by atoms with E-state index in [4.69, 9.17) is 0 Å². The van der Waals surface area contributed by atoms with Gasteiger partial charge in [0, 0.05) is 31.4 Å². The smallest absolute Gasteiger partial charge is 0.224 e. The maximum absolute atomic E-state index is 4.56. The number of nitrogens with zero attached hydrogens (tertiary/aromatic N) is 3. The molecule has 0 aliphatic rings. The van der Waals surface area contributed by atoms with E-state index in [1.807, 2.05) is 13.1 Å². The fourth-order valence-corrected chi connectivity index (χ4v) is 1.68. The van der Waals surface area contributed by atoms with E-state index >= 15 is 0 Å². The van der Waals surface area contributed by atoms with Crippen molar-refractivity contribution in [1.82, 2.24) is 9.97 Å². The Morgan fingerprint density at radius 2 is 2.06 bits per heavy atom. The van der Waals surface area contributed by atoms with E-state index in [1.54, 1.807) is 0 Å². The Hall–Kier alpha value is -1.32. The van der Waals surface area contributed by atoms with E-state index in [-0.39, 0.29) is 0 Å². The van der Waals surface area contributed by atoms with Crippen molar-refractivity contribution in [2.75, 3.05) is 29.9 Å². The van der Waals surface area contributed by atoms with Gasteiger partial charge >= 0.3 is 0 Å². The minimum Gasteiger partial charge on any atom is -0.357 e. The van der Waals surface area contributed by atoms with Crippen LogP contribution in [-0.2, 0) is 0 Å². The van der Waals surface area contributed by atoms with Crippen LogP contribution in [0.5, 0.6) is 0 Å². The van der Waals surface area contributed by atoms with E-state index in [9.17, 15) is 0 Å². The highest BCUT2D eigenvalue weighted by atomic mass is 15.2. The molecule has 16 heavy (non-hydrogen) atoms. The van der Waals surface area contributed by atoms with Gasteiger partial charge in [0.05, 0.1) is 0 Å². The number of aryl methyl sites for hydroxylation is 1. The van der Waals surface area contributed by atoms with Crippen molar-refractivity contribution in [2.45, 2.75) is 34.1 Å². The molecular formula is C12H22N4. The first-order chi connectivity index (χ1) is 7.72. The molecule has 1 aromatic rings. The highest BCUT2D eigenvalue weighted by Gasteiger charge is 2.09. The van der Waals surface area contributed by atoms with Gasteiger partial charge in [0.1, 0.15) is 5.82 Å². The first kappa shape index (κ1) is 12.7. The number of nitrogens with one attached hydrogen (secondary N) is 1. The first-order valence-electron chi connectivity index (χ1n) is 6.05. The fourth-order valence-electron chi connectivity index (χ4n) is 1.68. The second-order valence-electron chi connectivity index (χ2n) is 3.81. The van der Waals surface area contributed by atoms with Crippen LogP contribution < -0.4 is 10.2 Å². The van der Waals surface area contributed by atoms with Gasteiger partial charge in [-0.2, -0.15) is 4.98 Å². The van der Waals surface area contributed by atoms with Gasteiger partial charge in [0.15, 0.2) is 0 Å². The average molecular weight is 222 g/mol. The lowest BCUT2D eigenvalue weighted by molar-refractivity contribution is 0.772. The molecule has 1 heterocycles. The van der Waals surface area contributed by atoms with E-state index in [1.165, 1.54) is 0 Å². The highest BCUT2D eigenvalue weighted by Crippen LogP contribution is 2.17. The van der Waals surface area contributed by atoms with Gasteiger partial charge in [0.25, 0.3) is 0 Å². The molecule has 0 atom stereocenters. The monoisotopic (exact) mass is 222 g/mol. The minimum atomic E-state index is 0.720. The van der Waals surface area contributed by atoms with Crippen LogP contribution in [0, 0.1) is 6.92 Å². The Bertz CT molecular complexity index is 325. The van der Waals surface area contributed by atoms with Crippen LogP contribution in [0.15, 0.2) is 6.20 Å². The summed E-state index contributed by atoms with van der Waals surface area (Å²) in [5.74, 6) is 1.77. The lowest BCUT2D eigenvalue weighted by Crippen LogP contribution is -2.25. The molecule has 1 rings (SSSR count). The molecule has 0 aliphatic heterocycles. The molecule has 0 aliphatic carbocycles. The number of hydrogen-bond donors (Lipinski definition) is 1. The molecule has 1 N–H and O–H groups in total. The highest BCUT2D eigenvalue weighted by molar-refractivity contribution is 5.48. The molecule has 0 saturated heterocycles. The molecule has 0 amide bonds. The second-order valence-corrected chi connectivity index (χ2v) is 3.81. The summed E-state index contributed by atoms with van der Waals surface area (Å²) in [4.78, 5) is 11.1. The third-order valence-electron chi connectivity index (χ3n) is 2.45. The van der Waals surface area contributed by atoms with Crippen LogP contribution in [0.4, 0.5) is 11.8 Å². The van der Waals surface area contributed by atoms with E-state index in [2.05, 4.69) is 41.0 Å². The Kier molecular flexibility index (Phi) is 5.02. The van der Waals surface area contributed by atoms with Gasteiger partial charge < -0.3 is 10.2 Å². The van der Waals surface area contributed by atoms with Gasteiger partial charge in [-0.05, 0) is 27.2 Å². The van der Waals surface area contributed by atoms with Crippen molar-refractivity contribution in [1.29, 1.82) is 0 Å². The standard InChI is InChI=1S/C12H22N4/c1-5-8-16(7-3)11-10(4)9-14-12(15-11)13-6-2/h9H,5-8H2,1-4H3,(H,13,14,15). The van der Waals surface area contributed by atoms with Crippen LogP contribution in [0.1, 0.15) is 32.8 Å². The summed E-state index contributed by atoms with van der Waals surface area (Å²) in [5.41, 5.74) is 1.14. The maximum Gasteiger partial charge on any atom is 0.224 e. The summed E-state index contributed by atoms with van der Waals surface area (Å²) in [6.45, 7) is 11.3. The Morgan fingerprint density at radius 3 is 2.62 bits per heavy atom. The van der Waals surface area contributed by atoms with E-state index in [0.717, 1.165) is 43.4 Å². The summed E-state index contributed by atoms with van der Waals surface area (Å²) in [6.07, 6.45) is 3.02. The number of hydrogen-bond acceptors (Lipinski definition) is 4. The number of rotatable bonds is 6. The van der Waals surface area contributed by atoms with Gasteiger partial charge in [-0.15, -0.1) is 0 Å². The predicted octanol–water partition coefficient (Wildman–Crippen LogP) is 2.45. The largest absolute Gasteiger partial charge is 0.357 e. The summed E-state index contributed by atoms with van der Waals surface area (Å²) in [5, 5.41) is 3.15. The molecule has 0 saturated carbocycles. The van der Waals surface area contributed by atoms with Crippen molar-refractivity contribution < 1.29 is 0 Å². The Morgan fingerprint density at radius 1 is 1.31 bits per heavy atom. The maximum atomic E-state index is 4.56. The molecule has 0 radical (unpaired) electrons. The summed E-state index contributed by atoms with van der Waals surface area (Å²) in [7, 11) is 0. The molecule has 4 heteroatoms. The quantitative estimate of drug-likeness (QED) is 0.802. The molecule has 1 aromatic heterocycles. The van der Waals surface area contributed by atoms with Crippen molar-refractivity contribution in [2.24, 2.45) is 0 Å². The minimum absolute atomic E-state index is 0.720. The zero-order chi connectivity index (χ0) is 12.0. The molecule has 0 spiro atoms. The average Bonchev–Trinajstić information content (AvgIpc) is 2.29.